The Morgan fingerprint density at radius 3 is 2.44 bits per heavy atom. The Balaban J connectivity index is 1.89. The zero-order chi connectivity index (χ0) is 18.1. The fraction of sp³-hybridized carbons (Fsp3) is 0.167. The van der Waals surface area contributed by atoms with Gasteiger partial charge in [0.15, 0.2) is 11.5 Å². The van der Waals surface area contributed by atoms with Crippen molar-refractivity contribution in [3.63, 3.8) is 0 Å². The van der Waals surface area contributed by atoms with Gasteiger partial charge >= 0.3 is 0 Å². The van der Waals surface area contributed by atoms with Crippen LogP contribution in [0.2, 0.25) is 0 Å². The summed E-state index contributed by atoms with van der Waals surface area (Å²) >= 11 is 0. The number of amides is 2. The minimum atomic E-state index is -0.522. The number of ether oxygens (including phenoxy) is 2. The highest BCUT2D eigenvalue weighted by Gasteiger charge is 2.10. The summed E-state index contributed by atoms with van der Waals surface area (Å²) in [5.74, 6) is 0.120. The Kier molecular flexibility index (Phi) is 6.53. The number of methoxy groups -OCH3 is 2. The summed E-state index contributed by atoms with van der Waals surface area (Å²) in [5, 5.41) is 6.47. The number of para-hydroxylation sites is 2. The summed E-state index contributed by atoms with van der Waals surface area (Å²) in [6.07, 6.45) is 1.09. The molecule has 2 N–H and O–H groups in total. The molecule has 0 saturated carbocycles. The maximum absolute atomic E-state index is 11.8. The van der Waals surface area contributed by atoms with Crippen molar-refractivity contribution in [2.75, 3.05) is 19.5 Å². The quantitative estimate of drug-likeness (QED) is 0.459. The molecule has 0 aliphatic carbocycles. The fourth-order valence-electron chi connectivity index (χ4n) is 2.10. The first kappa shape index (κ1) is 18.0. The van der Waals surface area contributed by atoms with Crippen molar-refractivity contribution in [1.29, 1.82) is 0 Å². The van der Waals surface area contributed by atoms with Crippen LogP contribution < -0.4 is 20.2 Å². The summed E-state index contributed by atoms with van der Waals surface area (Å²) in [6.45, 7) is 0. The van der Waals surface area contributed by atoms with Crippen molar-refractivity contribution in [2.24, 2.45) is 5.10 Å². The number of hydrazone groups is 1. The summed E-state index contributed by atoms with van der Waals surface area (Å²) in [5.41, 5.74) is 3.57. The van der Waals surface area contributed by atoms with Gasteiger partial charge in [0.05, 0.1) is 20.4 Å². The molecule has 7 heteroatoms. The summed E-state index contributed by atoms with van der Waals surface area (Å²) in [6, 6.07) is 14.2. The van der Waals surface area contributed by atoms with E-state index in [0.29, 0.717) is 22.7 Å². The first-order valence-corrected chi connectivity index (χ1v) is 7.52. The molecule has 0 aromatic heterocycles. The Morgan fingerprint density at radius 2 is 1.76 bits per heavy atom. The third-order valence-corrected chi connectivity index (χ3v) is 3.20. The van der Waals surface area contributed by atoms with Crippen LogP contribution in [0, 0.1) is 0 Å². The van der Waals surface area contributed by atoms with Crippen LogP contribution in [0.1, 0.15) is 12.0 Å². The van der Waals surface area contributed by atoms with Crippen molar-refractivity contribution in [2.45, 2.75) is 6.42 Å². The molecule has 2 aromatic rings. The van der Waals surface area contributed by atoms with Gasteiger partial charge in [0.2, 0.25) is 11.8 Å². The first-order chi connectivity index (χ1) is 12.1. The van der Waals surface area contributed by atoms with E-state index in [-0.39, 0.29) is 6.42 Å². The van der Waals surface area contributed by atoms with E-state index in [1.165, 1.54) is 20.4 Å². The lowest BCUT2D eigenvalue weighted by atomic mass is 10.2. The Bertz CT molecular complexity index is 760. The molecule has 0 spiro atoms. The number of carbonyl (C=O) groups is 2. The van der Waals surface area contributed by atoms with E-state index in [1.807, 2.05) is 6.07 Å². The number of benzene rings is 2. The van der Waals surface area contributed by atoms with Crippen LogP contribution in [0.15, 0.2) is 53.6 Å². The summed E-state index contributed by atoms with van der Waals surface area (Å²) < 4.78 is 10.4. The molecule has 2 amide bonds. The second-order valence-corrected chi connectivity index (χ2v) is 4.97. The van der Waals surface area contributed by atoms with Crippen molar-refractivity contribution in [3.8, 4) is 11.5 Å². The van der Waals surface area contributed by atoms with E-state index in [2.05, 4.69) is 15.8 Å². The van der Waals surface area contributed by atoms with Gasteiger partial charge in [0, 0.05) is 11.3 Å². The molecule has 0 bridgehead atoms. The highest BCUT2D eigenvalue weighted by Crippen LogP contribution is 2.29. The lowest BCUT2D eigenvalue weighted by Crippen LogP contribution is -2.24. The van der Waals surface area contributed by atoms with Crippen molar-refractivity contribution >= 4 is 23.7 Å². The van der Waals surface area contributed by atoms with Crippen LogP contribution in [-0.2, 0) is 9.59 Å². The van der Waals surface area contributed by atoms with Gasteiger partial charge in [-0.15, -0.1) is 0 Å². The fourth-order valence-corrected chi connectivity index (χ4v) is 2.10. The predicted molar refractivity (Wildman–Crippen MR) is 95.0 cm³/mol. The molecule has 0 unspecified atom stereocenters. The number of rotatable bonds is 7. The molecule has 0 heterocycles. The molecule has 2 aromatic carbocycles. The van der Waals surface area contributed by atoms with E-state index >= 15 is 0 Å². The SMILES string of the molecule is COc1cccc(C=NNC(=O)CC(=O)Nc2ccccc2)c1OC. The zero-order valence-corrected chi connectivity index (χ0v) is 14.0. The van der Waals surface area contributed by atoms with Crippen LogP contribution in [-0.4, -0.2) is 32.2 Å². The average molecular weight is 341 g/mol. The Labute approximate surface area is 145 Å². The van der Waals surface area contributed by atoms with Crippen LogP contribution in [0.4, 0.5) is 5.69 Å². The van der Waals surface area contributed by atoms with Crippen molar-refractivity contribution in [1.82, 2.24) is 5.43 Å². The maximum Gasteiger partial charge on any atom is 0.249 e. The van der Waals surface area contributed by atoms with E-state index in [4.69, 9.17) is 9.47 Å². The number of anilines is 1. The lowest BCUT2D eigenvalue weighted by Gasteiger charge is -2.09. The van der Waals surface area contributed by atoms with E-state index in [1.54, 1.807) is 42.5 Å². The Hall–Kier alpha value is -3.35. The highest BCUT2D eigenvalue weighted by molar-refractivity contribution is 6.03. The zero-order valence-electron chi connectivity index (χ0n) is 14.0. The van der Waals surface area contributed by atoms with Gasteiger partial charge in [-0.25, -0.2) is 5.43 Å². The van der Waals surface area contributed by atoms with Gasteiger partial charge in [0.1, 0.15) is 6.42 Å². The molecular weight excluding hydrogens is 322 g/mol. The normalized spacial score (nSPS) is 10.3. The highest BCUT2D eigenvalue weighted by atomic mass is 16.5. The van der Waals surface area contributed by atoms with Crippen molar-refractivity contribution in [3.05, 3.63) is 54.1 Å². The summed E-state index contributed by atoms with van der Waals surface area (Å²) in [4.78, 5) is 23.5. The smallest absolute Gasteiger partial charge is 0.249 e. The third-order valence-electron chi connectivity index (χ3n) is 3.20. The molecule has 0 atom stereocenters. The maximum atomic E-state index is 11.8. The monoisotopic (exact) mass is 341 g/mol. The number of nitrogens with one attached hydrogen (secondary N) is 2. The lowest BCUT2D eigenvalue weighted by molar-refractivity contribution is -0.126. The van der Waals surface area contributed by atoms with Crippen LogP contribution in [0.5, 0.6) is 11.5 Å². The molecule has 7 nitrogen and oxygen atoms in total. The standard InChI is InChI=1S/C18H19N3O4/c1-24-15-10-6-7-13(18(15)25-2)12-19-21-17(23)11-16(22)20-14-8-4-3-5-9-14/h3-10,12H,11H2,1-2H3,(H,20,22)(H,21,23). The van der Waals surface area contributed by atoms with E-state index < -0.39 is 11.8 Å². The molecule has 25 heavy (non-hydrogen) atoms. The van der Waals surface area contributed by atoms with Crippen LogP contribution in [0.25, 0.3) is 0 Å². The van der Waals surface area contributed by atoms with Crippen molar-refractivity contribution < 1.29 is 19.1 Å². The van der Waals surface area contributed by atoms with Crippen LogP contribution >= 0.6 is 0 Å². The van der Waals surface area contributed by atoms with E-state index in [0.717, 1.165) is 0 Å². The second-order valence-electron chi connectivity index (χ2n) is 4.97. The first-order valence-electron chi connectivity index (χ1n) is 7.52. The van der Waals surface area contributed by atoms with Crippen LogP contribution in [0.3, 0.4) is 0 Å². The number of hydrogen-bond acceptors (Lipinski definition) is 5. The van der Waals surface area contributed by atoms with Gasteiger partial charge < -0.3 is 14.8 Å². The minimum Gasteiger partial charge on any atom is -0.493 e. The molecule has 130 valence electrons. The molecular formula is C18H19N3O4. The molecule has 0 aliphatic heterocycles. The third kappa shape index (κ3) is 5.35. The Morgan fingerprint density at radius 1 is 1.00 bits per heavy atom. The number of hydrogen-bond donors (Lipinski definition) is 2. The molecule has 0 radical (unpaired) electrons. The number of carbonyl (C=O) groups excluding carboxylic acids is 2. The number of nitrogens with zero attached hydrogens (tertiary/aromatic N) is 1. The molecule has 0 aliphatic rings. The molecule has 0 fully saturated rings. The average Bonchev–Trinajstić information content (AvgIpc) is 2.62. The van der Waals surface area contributed by atoms with Gasteiger partial charge in [0.25, 0.3) is 0 Å². The van der Waals surface area contributed by atoms with Gasteiger partial charge in [-0.05, 0) is 24.3 Å². The molecule has 0 saturated heterocycles. The predicted octanol–water partition coefficient (Wildman–Crippen LogP) is 2.18. The largest absolute Gasteiger partial charge is 0.493 e. The van der Waals surface area contributed by atoms with E-state index in [9.17, 15) is 9.59 Å². The second kappa shape index (κ2) is 9.07. The van der Waals surface area contributed by atoms with Gasteiger partial charge in [-0.3, -0.25) is 9.59 Å². The minimum absolute atomic E-state index is 0.332. The molecule has 2 rings (SSSR count). The topological polar surface area (TPSA) is 89.0 Å². The van der Waals surface area contributed by atoms with Gasteiger partial charge in [-0.1, -0.05) is 24.3 Å². The van der Waals surface area contributed by atoms with Gasteiger partial charge in [-0.2, -0.15) is 5.10 Å². The summed E-state index contributed by atoms with van der Waals surface area (Å²) in [7, 11) is 3.05.